The van der Waals surface area contributed by atoms with Gasteiger partial charge in [-0.2, -0.15) is 0 Å². The van der Waals surface area contributed by atoms with Crippen molar-refractivity contribution >= 4 is 0 Å². The number of fused-ring (bicyclic) bond motifs is 2. The highest BCUT2D eigenvalue weighted by atomic mass is 16.4. The number of aliphatic hydroxyl groups excluding tert-OH is 3. The molecule has 0 aromatic heterocycles. The van der Waals surface area contributed by atoms with E-state index in [1.165, 1.54) is 0 Å². The molecule has 4 N–H and O–H groups in total. The molecular weight excluding hydrogens is 304 g/mol. The van der Waals surface area contributed by atoms with Crippen molar-refractivity contribution in [1.29, 1.82) is 0 Å². The van der Waals surface area contributed by atoms with Gasteiger partial charge in [0.15, 0.2) is 0 Å². The molecule has 2 bridgehead atoms. The van der Waals surface area contributed by atoms with E-state index in [0.29, 0.717) is 19.3 Å². The Kier molecular flexibility index (Phi) is 3.30. The average Bonchev–Trinajstić information content (AvgIpc) is 2.73. The lowest BCUT2D eigenvalue weighted by atomic mass is 9.61. The van der Waals surface area contributed by atoms with E-state index in [9.17, 15) is 20.4 Å². The summed E-state index contributed by atoms with van der Waals surface area (Å²) in [5, 5.41) is 44.2. The monoisotopic (exact) mass is 334 g/mol. The summed E-state index contributed by atoms with van der Waals surface area (Å²) < 4.78 is 0. The van der Waals surface area contributed by atoms with Gasteiger partial charge in [-0.3, -0.25) is 0 Å². The molecule has 4 aliphatic carbocycles. The van der Waals surface area contributed by atoms with Crippen molar-refractivity contribution in [2.75, 3.05) is 0 Å². The molecule has 4 fully saturated rings. The van der Waals surface area contributed by atoms with Crippen LogP contribution in [0.25, 0.3) is 0 Å². The zero-order valence-corrected chi connectivity index (χ0v) is 14.7. The first-order chi connectivity index (χ1) is 11.1. The fraction of sp³-hybridized carbons (Fsp3) is 0.800. The second-order valence-electron chi connectivity index (χ2n) is 9.40. The summed E-state index contributed by atoms with van der Waals surface area (Å²) in [6.45, 7) is 12.2. The van der Waals surface area contributed by atoms with E-state index in [0.717, 1.165) is 24.0 Å². The largest absolute Gasteiger partial charge is 0.392 e. The normalized spacial score (nSPS) is 55.9. The Labute approximate surface area is 143 Å². The van der Waals surface area contributed by atoms with E-state index >= 15 is 0 Å². The third kappa shape index (κ3) is 1.64. The third-order valence-corrected chi connectivity index (χ3v) is 8.34. The van der Waals surface area contributed by atoms with Gasteiger partial charge >= 0.3 is 0 Å². The molecule has 4 saturated carbocycles. The van der Waals surface area contributed by atoms with Gasteiger partial charge in [0.25, 0.3) is 0 Å². The van der Waals surface area contributed by atoms with E-state index < -0.39 is 34.7 Å². The molecule has 0 amide bonds. The molecule has 24 heavy (non-hydrogen) atoms. The van der Waals surface area contributed by atoms with Crippen molar-refractivity contribution in [2.24, 2.45) is 28.6 Å². The molecule has 1 spiro atoms. The van der Waals surface area contributed by atoms with Crippen LogP contribution in [0.5, 0.6) is 0 Å². The van der Waals surface area contributed by atoms with Crippen LogP contribution in [0.2, 0.25) is 0 Å². The maximum atomic E-state index is 11.6. The molecular formula is C20H30O4. The fourth-order valence-electron chi connectivity index (χ4n) is 6.76. The predicted molar refractivity (Wildman–Crippen MR) is 91.0 cm³/mol. The number of aliphatic hydroxyl groups is 4. The van der Waals surface area contributed by atoms with E-state index in [1.54, 1.807) is 0 Å². The summed E-state index contributed by atoms with van der Waals surface area (Å²) >= 11 is 0. The molecule has 4 rings (SSSR count). The first-order valence-corrected chi connectivity index (χ1v) is 9.20. The fourth-order valence-corrected chi connectivity index (χ4v) is 6.76. The van der Waals surface area contributed by atoms with Gasteiger partial charge in [0.05, 0.1) is 18.3 Å². The van der Waals surface area contributed by atoms with Crippen molar-refractivity contribution < 1.29 is 20.4 Å². The molecule has 0 radical (unpaired) electrons. The second-order valence-corrected chi connectivity index (χ2v) is 9.40. The van der Waals surface area contributed by atoms with Crippen LogP contribution < -0.4 is 0 Å². The maximum Gasteiger partial charge on any atom is 0.105 e. The van der Waals surface area contributed by atoms with E-state index in [2.05, 4.69) is 13.2 Å². The van der Waals surface area contributed by atoms with Crippen LogP contribution >= 0.6 is 0 Å². The molecule has 0 aliphatic heterocycles. The van der Waals surface area contributed by atoms with Crippen LogP contribution in [0.4, 0.5) is 0 Å². The highest BCUT2D eigenvalue weighted by molar-refractivity contribution is 5.34. The molecule has 0 saturated heterocycles. The maximum absolute atomic E-state index is 11.6. The average molecular weight is 334 g/mol. The smallest absolute Gasteiger partial charge is 0.105 e. The molecule has 4 aliphatic rings. The summed E-state index contributed by atoms with van der Waals surface area (Å²) in [5.74, 6) is -0.162. The predicted octanol–water partition coefficient (Wildman–Crippen LogP) is 1.78. The van der Waals surface area contributed by atoms with Gasteiger partial charge in [0, 0.05) is 22.7 Å². The van der Waals surface area contributed by atoms with Crippen LogP contribution in [-0.2, 0) is 0 Å². The summed E-state index contributed by atoms with van der Waals surface area (Å²) in [4.78, 5) is 0. The van der Waals surface area contributed by atoms with Gasteiger partial charge in [-0.25, -0.2) is 0 Å². The van der Waals surface area contributed by atoms with Gasteiger partial charge in [-0.05, 0) is 38.0 Å². The molecule has 0 aromatic carbocycles. The third-order valence-electron chi connectivity index (χ3n) is 8.34. The van der Waals surface area contributed by atoms with Crippen molar-refractivity contribution in [3.8, 4) is 0 Å². The van der Waals surface area contributed by atoms with Crippen molar-refractivity contribution in [1.82, 2.24) is 0 Å². The Balaban J connectivity index is 1.85. The lowest BCUT2D eigenvalue weighted by Crippen LogP contribution is -2.57. The first kappa shape index (κ1) is 16.8. The zero-order valence-electron chi connectivity index (χ0n) is 14.7. The Morgan fingerprint density at radius 3 is 2.33 bits per heavy atom. The number of hydrogen-bond acceptors (Lipinski definition) is 4. The molecule has 0 aromatic rings. The van der Waals surface area contributed by atoms with Crippen LogP contribution in [-0.4, -0.2) is 44.3 Å². The Hall–Kier alpha value is -0.680. The summed E-state index contributed by atoms with van der Waals surface area (Å²) in [5.41, 5.74) is -0.703. The summed E-state index contributed by atoms with van der Waals surface area (Å²) in [6.07, 6.45) is 1.08. The van der Waals surface area contributed by atoms with Crippen LogP contribution in [0.15, 0.2) is 24.3 Å². The SMILES string of the molecule is C=C1CC23C[C@H](O)[C@@]4(O)[C@@H](C[C@H](O)C4(C)C)C(=C)[C@@H]2CCC1[C@@H]3O. The Morgan fingerprint density at radius 1 is 1.00 bits per heavy atom. The van der Waals surface area contributed by atoms with Gasteiger partial charge < -0.3 is 20.4 Å². The first-order valence-electron chi connectivity index (χ1n) is 9.20. The Morgan fingerprint density at radius 2 is 1.67 bits per heavy atom. The highest BCUT2D eigenvalue weighted by Crippen LogP contribution is 2.67. The second kappa shape index (κ2) is 4.73. The van der Waals surface area contributed by atoms with Gasteiger partial charge in [-0.1, -0.05) is 38.2 Å². The van der Waals surface area contributed by atoms with E-state index in [4.69, 9.17) is 0 Å². The van der Waals surface area contributed by atoms with Crippen molar-refractivity contribution in [2.45, 2.75) is 69.9 Å². The number of rotatable bonds is 0. The lowest BCUT2D eigenvalue weighted by molar-refractivity contribution is -0.174. The minimum Gasteiger partial charge on any atom is -0.392 e. The Bertz CT molecular complexity index is 611. The van der Waals surface area contributed by atoms with Crippen LogP contribution in [0.3, 0.4) is 0 Å². The van der Waals surface area contributed by atoms with Gasteiger partial charge in [-0.15, -0.1) is 0 Å². The van der Waals surface area contributed by atoms with Gasteiger partial charge in [0.1, 0.15) is 5.60 Å². The quantitative estimate of drug-likeness (QED) is 0.509. The molecule has 134 valence electrons. The molecule has 4 heteroatoms. The topological polar surface area (TPSA) is 80.9 Å². The van der Waals surface area contributed by atoms with E-state index in [1.807, 2.05) is 13.8 Å². The molecule has 8 atom stereocenters. The molecule has 2 unspecified atom stereocenters. The summed E-state index contributed by atoms with van der Waals surface area (Å²) in [7, 11) is 0. The van der Waals surface area contributed by atoms with Gasteiger partial charge in [0.2, 0.25) is 0 Å². The van der Waals surface area contributed by atoms with E-state index in [-0.39, 0.29) is 17.8 Å². The highest BCUT2D eigenvalue weighted by Gasteiger charge is 2.70. The van der Waals surface area contributed by atoms with Crippen molar-refractivity contribution in [3.05, 3.63) is 24.3 Å². The summed E-state index contributed by atoms with van der Waals surface area (Å²) in [6, 6.07) is 0. The minimum atomic E-state index is -1.41. The lowest BCUT2D eigenvalue weighted by Gasteiger charge is -2.46. The molecule has 4 nitrogen and oxygen atoms in total. The van der Waals surface area contributed by atoms with Crippen LogP contribution in [0, 0.1) is 28.6 Å². The van der Waals surface area contributed by atoms with Crippen molar-refractivity contribution in [3.63, 3.8) is 0 Å². The standard InChI is InChI=1S/C20H30O4/c1-10-8-19-9-16(22)20(24)14(7-15(21)18(20,3)4)11(2)13(19)6-5-12(10)17(19)23/h12-17,21-24H,1-2,5-9H2,3-4H3/t12?,13-,14-,15-,16-,17-,19?,20-/m0/s1. The van der Waals surface area contributed by atoms with Crippen LogP contribution in [0.1, 0.15) is 46.0 Å². The zero-order chi connectivity index (χ0) is 17.7. The minimum absolute atomic E-state index is 0.0674. The number of hydrogen-bond donors (Lipinski definition) is 4. The molecule has 0 heterocycles.